The van der Waals surface area contributed by atoms with Gasteiger partial charge in [0.2, 0.25) is 0 Å². The molecule has 0 spiro atoms. The van der Waals surface area contributed by atoms with Crippen molar-refractivity contribution in [2.75, 3.05) is 6.61 Å². The Labute approximate surface area is 168 Å². The highest BCUT2D eigenvalue weighted by Gasteiger charge is 2.23. The second-order valence-corrected chi connectivity index (χ2v) is 7.85. The third-order valence-electron chi connectivity index (χ3n) is 4.94. The minimum absolute atomic E-state index is 0.00297. The number of carbonyl (C=O) groups excluding carboxylic acids is 1. The van der Waals surface area contributed by atoms with E-state index >= 15 is 0 Å². The van der Waals surface area contributed by atoms with Crippen molar-refractivity contribution in [3.63, 3.8) is 0 Å². The molecule has 0 unspecified atom stereocenters. The lowest BCUT2D eigenvalue weighted by Crippen LogP contribution is -2.18. The molecule has 5 nitrogen and oxygen atoms in total. The van der Waals surface area contributed by atoms with Crippen molar-refractivity contribution >= 4 is 11.4 Å². The van der Waals surface area contributed by atoms with Crippen LogP contribution < -0.4 is 4.74 Å². The highest BCUT2D eigenvalue weighted by Crippen LogP contribution is 2.27. The third kappa shape index (κ3) is 4.45. The Kier molecular flexibility index (Phi) is 5.98. The van der Waals surface area contributed by atoms with E-state index in [1.807, 2.05) is 13.8 Å². The number of rotatable bonds is 8. The summed E-state index contributed by atoms with van der Waals surface area (Å²) in [4.78, 5) is 17.2. The van der Waals surface area contributed by atoms with E-state index < -0.39 is 11.6 Å². The van der Waals surface area contributed by atoms with Crippen LogP contribution in [0.1, 0.15) is 48.4 Å². The second kappa shape index (κ2) is 8.29. The lowest BCUT2D eigenvalue weighted by atomic mass is 9.87. The van der Waals surface area contributed by atoms with E-state index in [0.29, 0.717) is 29.2 Å². The smallest absolute Gasteiger partial charge is 0.181 e. The largest absolute Gasteiger partial charge is 0.485 e. The van der Waals surface area contributed by atoms with E-state index in [1.165, 1.54) is 18.2 Å². The van der Waals surface area contributed by atoms with Crippen LogP contribution in [0.25, 0.3) is 5.65 Å². The molecule has 154 valence electrons. The third-order valence-corrected chi connectivity index (χ3v) is 4.94. The van der Waals surface area contributed by atoms with Crippen molar-refractivity contribution in [1.29, 1.82) is 0 Å². The standard InChI is InChI=1S/C22H24F2N2O3/c1-14-20(18(28)9-10-22(2,3)13-27)26-11-5-8-19(21(26)25-14)29-12-15-16(23)6-4-7-17(15)24/h4-8,11,27H,9-10,12-13H2,1-3H3. The molecular formula is C22H24F2N2O3. The number of benzene rings is 1. The molecule has 29 heavy (non-hydrogen) atoms. The van der Waals surface area contributed by atoms with Crippen LogP contribution in [-0.2, 0) is 6.61 Å². The minimum Gasteiger partial charge on any atom is -0.485 e. The maximum absolute atomic E-state index is 13.8. The topological polar surface area (TPSA) is 63.8 Å². The van der Waals surface area contributed by atoms with Gasteiger partial charge in [-0.2, -0.15) is 0 Å². The normalized spacial score (nSPS) is 11.8. The molecular weight excluding hydrogens is 378 g/mol. The van der Waals surface area contributed by atoms with E-state index in [-0.39, 0.29) is 36.4 Å². The van der Waals surface area contributed by atoms with Crippen LogP contribution in [0, 0.1) is 24.0 Å². The molecule has 0 aliphatic rings. The zero-order valence-corrected chi connectivity index (χ0v) is 16.7. The first-order valence-electron chi connectivity index (χ1n) is 9.41. The van der Waals surface area contributed by atoms with Gasteiger partial charge in [0.1, 0.15) is 23.9 Å². The Hall–Kier alpha value is -2.80. The van der Waals surface area contributed by atoms with Crippen molar-refractivity contribution in [2.45, 2.75) is 40.2 Å². The van der Waals surface area contributed by atoms with Crippen LogP contribution in [0.15, 0.2) is 36.5 Å². The Bertz CT molecular complexity index is 1020. The van der Waals surface area contributed by atoms with Crippen LogP contribution >= 0.6 is 0 Å². The SMILES string of the molecule is Cc1nc2c(OCc3c(F)cccc3F)cccn2c1C(=O)CCC(C)(C)CO. The van der Waals surface area contributed by atoms with Gasteiger partial charge >= 0.3 is 0 Å². The summed E-state index contributed by atoms with van der Waals surface area (Å²) in [6.07, 6.45) is 2.52. The number of hydrogen-bond acceptors (Lipinski definition) is 4. The number of pyridine rings is 1. The lowest BCUT2D eigenvalue weighted by molar-refractivity contribution is 0.0927. The molecule has 2 aromatic heterocycles. The van der Waals surface area contributed by atoms with Crippen LogP contribution in [0.5, 0.6) is 5.75 Å². The number of Topliss-reactive ketones (excluding diaryl/α,β-unsaturated/α-hetero) is 1. The van der Waals surface area contributed by atoms with E-state index in [0.717, 1.165) is 0 Å². The molecule has 0 atom stereocenters. The monoisotopic (exact) mass is 402 g/mol. The fourth-order valence-corrected chi connectivity index (χ4v) is 3.07. The number of ketones is 1. The maximum Gasteiger partial charge on any atom is 0.181 e. The van der Waals surface area contributed by atoms with Gasteiger partial charge in [0, 0.05) is 19.2 Å². The summed E-state index contributed by atoms with van der Waals surface area (Å²) in [5, 5.41) is 9.39. The molecule has 0 bridgehead atoms. The van der Waals surface area contributed by atoms with Gasteiger partial charge < -0.3 is 9.84 Å². The molecule has 0 saturated heterocycles. The molecule has 1 aromatic carbocycles. The van der Waals surface area contributed by atoms with Gasteiger partial charge in [-0.05, 0) is 43.0 Å². The van der Waals surface area contributed by atoms with Gasteiger partial charge in [-0.3, -0.25) is 9.20 Å². The Morgan fingerprint density at radius 3 is 2.55 bits per heavy atom. The minimum atomic E-state index is -0.682. The van der Waals surface area contributed by atoms with Crippen LogP contribution in [-0.4, -0.2) is 26.9 Å². The fourth-order valence-electron chi connectivity index (χ4n) is 3.07. The summed E-state index contributed by atoms with van der Waals surface area (Å²) >= 11 is 0. The number of ether oxygens (including phenoxy) is 1. The summed E-state index contributed by atoms with van der Waals surface area (Å²) in [7, 11) is 0. The number of aromatic nitrogens is 2. The second-order valence-electron chi connectivity index (χ2n) is 7.85. The summed E-state index contributed by atoms with van der Waals surface area (Å²) in [6, 6.07) is 6.97. The zero-order valence-electron chi connectivity index (χ0n) is 16.7. The molecule has 0 aliphatic carbocycles. The molecule has 7 heteroatoms. The zero-order chi connectivity index (χ0) is 21.2. The van der Waals surface area contributed by atoms with Crippen molar-refractivity contribution in [3.05, 3.63) is 65.1 Å². The quantitative estimate of drug-likeness (QED) is 0.564. The lowest BCUT2D eigenvalue weighted by Gasteiger charge is -2.20. The number of nitrogens with zero attached hydrogens (tertiary/aromatic N) is 2. The number of aryl methyl sites for hydroxylation is 1. The Morgan fingerprint density at radius 2 is 1.90 bits per heavy atom. The Balaban J connectivity index is 1.87. The molecule has 0 saturated carbocycles. The molecule has 0 amide bonds. The average molecular weight is 402 g/mol. The van der Waals surface area contributed by atoms with E-state index in [1.54, 1.807) is 29.7 Å². The van der Waals surface area contributed by atoms with Crippen molar-refractivity contribution in [3.8, 4) is 5.75 Å². The fraction of sp³-hybridized carbons (Fsp3) is 0.364. The van der Waals surface area contributed by atoms with Gasteiger partial charge in [0.15, 0.2) is 17.2 Å². The molecule has 0 fully saturated rings. The average Bonchev–Trinajstić information content (AvgIpc) is 3.02. The van der Waals surface area contributed by atoms with Crippen molar-refractivity contribution in [2.24, 2.45) is 5.41 Å². The first-order chi connectivity index (χ1) is 13.7. The number of imidazole rings is 1. The first-order valence-corrected chi connectivity index (χ1v) is 9.41. The molecule has 0 radical (unpaired) electrons. The van der Waals surface area contributed by atoms with Crippen LogP contribution in [0.3, 0.4) is 0 Å². The summed E-state index contributed by atoms with van der Waals surface area (Å²) in [5.74, 6) is -1.13. The van der Waals surface area contributed by atoms with Gasteiger partial charge in [0.25, 0.3) is 0 Å². The van der Waals surface area contributed by atoms with Crippen molar-refractivity contribution in [1.82, 2.24) is 9.38 Å². The van der Waals surface area contributed by atoms with Crippen LogP contribution in [0.2, 0.25) is 0 Å². The summed E-state index contributed by atoms with van der Waals surface area (Å²) < 4.78 is 35.0. The van der Waals surface area contributed by atoms with Gasteiger partial charge in [-0.1, -0.05) is 19.9 Å². The molecule has 1 N–H and O–H groups in total. The van der Waals surface area contributed by atoms with Gasteiger partial charge in [-0.15, -0.1) is 0 Å². The molecule has 0 aliphatic heterocycles. The number of aliphatic hydroxyl groups is 1. The van der Waals surface area contributed by atoms with Crippen LogP contribution in [0.4, 0.5) is 8.78 Å². The van der Waals surface area contributed by atoms with E-state index in [4.69, 9.17) is 4.74 Å². The number of carbonyl (C=O) groups is 1. The van der Waals surface area contributed by atoms with Gasteiger partial charge in [0.05, 0.1) is 11.3 Å². The first kappa shape index (κ1) is 20.9. The number of fused-ring (bicyclic) bond motifs is 1. The predicted molar refractivity (Wildman–Crippen MR) is 105 cm³/mol. The number of halogens is 2. The number of aliphatic hydroxyl groups excluding tert-OH is 1. The molecule has 3 aromatic rings. The van der Waals surface area contributed by atoms with Crippen molar-refractivity contribution < 1.29 is 23.4 Å². The maximum atomic E-state index is 13.8. The van der Waals surface area contributed by atoms with E-state index in [2.05, 4.69) is 4.98 Å². The Morgan fingerprint density at radius 1 is 1.21 bits per heavy atom. The van der Waals surface area contributed by atoms with E-state index in [9.17, 15) is 18.7 Å². The highest BCUT2D eigenvalue weighted by molar-refractivity contribution is 5.96. The highest BCUT2D eigenvalue weighted by atomic mass is 19.1. The van der Waals surface area contributed by atoms with Gasteiger partial charge in [-0.25, -0.2) is 13.8 Å². The number of hydrogen-bond donors (Lipinski definition) is 1. The summed E-state index contributed by atoms with van der Waals surface area (Å²) in [6.45, 7) is 5.23. The molecule has 2 heterocycles. The summed E-state index contributed by atoms with van der Waals surface area (Å²) in [5.41, 5.74) is 0.885. The molecule has 3 rings (SSSR count). The predicted octanol–water partition coefficient (Wildman–Crippen LogP) is 4.48.